The normalized spacial score (nSPS) is 10.4. The zero-order valence-electron chi connectivity index (χ0n) is 9.77. The van der Waals surface area contributed by atoms with Crippen LogP contribution in [0.2, 0.25) is 5.02 Å². The summed E-state index contributed by atoms with van der Waals surface area (Å²) in [6, 6.07) is 11.0. The minimum absolute atomic E-state index is 0.0723. The summed E-state index contributed by atoms with van der Waals surface area (Å²) in [6.45, 7) is 0. The Morgan fingerprint density at radius 1 is 1.26 bits per heavy atom. The molecule has 19 heavy (non-hydrogen) atoms. The molecule has 0 amide bonds. The highest BCUT2D eigenvalue weighted by Gasteiger charge is 2.09. The number of hydrogen-bond acceptors (Lipinski definition) is 2. The molecule has 1 N–H and O–H groups in total. The first-order valence-electron chi connectivity index (χ1n) is 5.47. The third kappa shape index (κ3) is 3.49. The lowest BCUT2D eigenvalue weighted by Crippen LogP contribution is -1.97. The van der Waals surface area contributed by atoms with Gasteiger partial charge < -0.3 is 5.11 Å². The SMILES string of the molecule is O=C(O)c1ccc(F)c(SCc2ccccc2Cl)c1. The van der Waals surface area contributed by atoms with Gasteiger partial charge in [-0.3, -0.25) is 0 Å². The van der Waals surface area contributed by atoms with Crippen LogP contribution in [-0.4, -0.2) is 11.1 Å². The lowest BCUT2D eigenvalue weighted by molar-refractivity contribution is 0.0696. The summed E-state index contributed by atoms with van der Waals surface area (Å²) in [4.78, 5) is 11.1. The Bertz CT molecular complexity index is 616. The van der Waals surface area contributed by atoms with Gasteiger partial charge in [0.05, 0.1) is 5.56 Å². The van der Waals surface area contributed by atoms with Crippen LogP contribution in [0.15, 0.2) is 47.4 Å². The Kier molecular flexibility index (Phi) is 4.45. The summed E-state index contributed by atoms with van der Waals surface area (Å²) >= 11 is 7.23. The second kappa shape index (κ2) is 6.08. The van der Waals surface area contributed by atoms with E-state index in [4.69, 9.17) is 16.7 Å². The standard InChI is InChI=1S/C14H10ClFO2S/c15-11-4-2-1-3-10(11)8-19-13-7-9(14(17)18)5-6-12(13)16/h1-7H,8H2,(H,17,18). The number of hydrogen-bond donors (Lipinski definition) is 1. The van der Waals surface area contributed by atoms with E-state index in [1.807, 2.05) is 18.2 Å². The molecular formula is C14H10ClFO2S. The van der Waals surface area contributed by atoms with Crippen LogP contribution in [0.4, 0.5) is 4.39 Å². The molecule has 0 unspecified atom stereocenters. The van der Waals surface area contributed by atoms with Crippen molar-refractivity contribution in [2.75, 3.05) is 0 Å². The molecule has 2 aromatic rings. The zero-order valence-corrected chi connectivity index (χ0v) is 11.3. The first-order chi connectivity index (χ1) is 9.08. The number of rotatable bonds is 4. The third-order valence-electron chi connectivity index (χ3n) is 2.52. The van der Waals surface area contributed by atoms with Crippen molar-refractivity contribution in [1.29, 1.82) is 0 Å². The van der Waals surface area contributed by atoms with Gasteiger partial charge in [-0.05, 0) is 29.8 Å². The minimum atomic E-state index is -1.07. The molecular weight excluding hydrogens is 287 g/mol. The van der Waals surface area contributed by atoms with Gasteiger partial charge in [-0.25, -0.2) is 9.18 Å². The minimum Gasteiger partial charge on any atom is -0.478 e. The van der Waals surface area contributed by atoms with Gasteiger partial charge in [0, 0.05) is 15.7 Å². The van der Waals surface area contributed by atoms with Gasteiger partial charge in [0.1, 0.15) is 5.82 Å². The molecule has 0 saturated heterocycles. The van der Waals surface area contributed by atoms with E-state index in [1.165, 1.54) is 30.0 Å². The lowest BCUT2D eigenvalue weighted by Gasteiger charge is -2.06. The van der Waals surface area contributed by atoms with E-state index in [-0.39, 0.29) is 5.56 Å². The van der Waals surface area contributed by atoms with Crippen molar-refractivity contribution in [3.63, 3.8) is 0 Å². The highest BCUT2D eigenvalue weighted by molar-refractivity contribution is 7.98. The first kappa shape index (κ1) is 13.9. The van der Waals surface area contributed by atoms with Crippen molar-refractivity contribution in [3.05, 3.63) is 64.4 Å². The third-order valence-corrected chi connectivity index (χ3v) is 3.97. The van der Waals surface area contributed by atoms with Crippen molar-refractivity contribution >= 4 is 29.3 Å². The number of thioether (sulfide) groups is 1. The summed E-state index contributed by atoms with van der Waals surface area (Å²) in [6.07, 6.45) is 0. The average Bonchev–Trinajstić information content (AvgIpc) is 2.39. The van der Waals surface area contributed by atoms with E-state index in [1.54, 1.807) is 6.07 Å². The van der Waals surface area contributed by atoms with E-state index in [9.17, 15) is 9.18 Å². The summed E-state index contributed by atoms with van der Waals surface area (Å²) in [5.74, 6) is -1.01. The van der Waals surface area contributed by atoms with Crippen molar-refractivity contribution in [1.82, 2.24) is 0 Å². The van der Waals surface area contributed by atoms with Gasteiger partial charge in [-0.15, -0.1) is 11.8 Å². The number of carboxylic acid groups (broad SMARTS) is 1. The summed E-state index contributed by atoms with van der Waals surface area (Å²) in [5.41, 5.74) is 0.956. The molecule has 0 aliphatic carbocycles. The topological polar surface area (TPSA) is 37.3 Å². The molecule has 0 bridgehead atoms. The van der Waals surface area contributed by atoms with Crippen molar-refractivity contribution < 1.29 is 14.3 Å². The van der Waals surface area contributed by atoms with Gasteiger partial charge >= 0.3 is 5.97 Å². The molecule has 0 heterocycles. The average molecular weight is 297 g/mol. The van der Waals surface area contributed by atoms with Gasteiger partial charge in [0.15, 0.2) is 0 Å². The Labute approximate surface area is 119 Å². The van der Waals surface area contributed by atoms with Gasteiger partial charge in [-0.1, -0.05) is 29.8 Å². The maximum atomic E-state index is 13.6. The van der Waals surface area contributed by atoms with Crippen molar-refractivity contribution in [2.24, 2.45) is 0 Å². The predicted octanol–water partition coefficient (Wildman–Crippen LogP) is 4.47. The molecule has 0 fully saturated rings. The molecule has 0 aliphatic heterocycles. The van der Waals surface area contributed by atoms with Crippen LogP contribution < -0.4 is 0 Å². The maximum Gasteiger partial charge on any atom is 0.335 e. The summed E-state index contributed by atoms with van der Waals surface area (Å²) < 4.78 is 13.6. The van der Waals surface area contributed by atoms with Gasteiger partial charge in [0.25, 0.3) is 0 Å². The molecule has 0 atom stereocenters. The fourth-order valence-electron chi connectivity index (χ4n) is 1.52. The number of halogens is 2. The quantitative estimate of drug-likeness (QED) is 0.846. The Morgan fingerprint density at radius 2 is 2.00 bits per heavy atom. The monoisotopic (exact) mass is 296 g/mol. The maximum absolute atomic E-state index is 13.6. The molecule has 0 radical (unpaired) electrons. The number of aromatic carboxylic acids is 1. The smallest absolute Gasteiger partial charge is 0.335 e. The Hall–Kier alpha value is -1.52. The fraction of sp³-hybridized carbons (Fsp3) is 0.0714. The fourth-order valence-corrected chi connectivity index (χ4v) is 2.78. The number of benzene rings is 2. The van der Waals surface area contributed by atoms with E-state index < -0.39 is 11.8 Å². The van der Waals surface area contributed by atoms with E-state index >= 15 is 0 Å². The second-order valence-electron chi connectivity index (χ2n) is 3.83. The molecule has 2 rings (SSSR count). The molecule has 0 aromatic heterocycles. The second-order valence-corrected chi connectivity index (χ2v) is 5.25. The molecule has 0 saturated carbocycles. The highest BCUT2D eigenvalue weighted by Crippen LogP contribution is 2.29. The summed E-state index contributed by atoms with van der Waals surface area (Å²) in [5, 5.41) is 9.49. The van der Waals surface area contributed by atoms with E-state index in [0.717, 1.165) is 5.56 Å². The Morgan fingerprint density at radius 3 is 2.68 bits per heavy atom. The van der Waals surface area contributed by atoms with Crippen LogP contribution in [0, 0.1) is 5.82 Å². The zero-order chi connectivity index (χ0) is 13.8. The molecule has 2 nitrogen and oxygen atoms in total. The molecule has 5 heteroatoms. The van der Waals surface area contributed by atoms with Gasteiger partial charge in [-0.2, -0.15) is 0 Å². The van der Waals surface area contributed by atoms with Crippen LogP contribution >= 0.6 is 23.4 Å². The first-order valence-corrected chi connectivity index (χ1v) is 6.83. The predicted molar refractivity (Wildman–Crippen MR) is 74.4 cm³/mol. The van der Waals surface area contributed by atoms with Crippen molar-refractivity contribution in [2.45, 2.75) is 10.6 Å². The van der Waals surface area contributed by atoms with Crippen LogP contribution in [0.3, 0.4) is 0 Å². The van der Waals surface area contributed by atoms with Crippen LogP contribution in [0.25, 0.3) is 0 Å². The van der Waals surface area contributed by atoms with Crippen molar-refractivity contribution in [3.8, 4) is 0 Å². The summed E-state index contributed by atoms with van der Waals surface area (Å²) in [7, 11) is 0. The largest absolute Gasteiger partial charge is 0.478 e. The lowest BCUT2D eigenvalue weighted by atomic mass is 10.2. The highest BCUT2D eigenvalue weighted by atomic mass is 35.5. The number of carboxylic acids is 1. The Balaban J connectivity index is 2.17. The van der Waals surface area contributed by atoms with E-state index in [2.05, 4.69) is 0 Å². The van der Waals surface area contributed by atoms with E-state index in [0.29, 0.717) is 15.7 Å². The molecule has 98 valence electrons. The number of carbonyl (C=O) groups is 1. The van der Waals surface area contributed by atoms with Crippen LogP contribution in [-0.2, 0) is 5.75 Å². The molecule has 0 aliphatic rings. The molecule has 2 aromatic carbocycles. The van der Waals surface area contributed by atoms with Crippen LogP contribution in [0.5, 0.6) is 0 Å². The molecule has 0 spiro atoms. The van der Waals surface area contributed by atoms with Crippen LogP contribution in [0.1, 0.15) is 15.9 Å². The van der Waals surface area contributed by atoms with Gasteiger partial charge in [0.2, 0.25) is 0 Å².